The second kappa shape index (κ2) is 8.87. The fourth-order valence-electron chi connectivity index (χ4n) is 3.85. The van der Waals surface area contributed by atoms with Crippen molar-refractivity contribution in [1.29, 1.82) is 5.26 Å². The number of carbonyl (C=O) groups excluding carboxylic acids is 1. The molecule has 7 heteroatoms. The first kappa shape index (κ1) is 19.8. The minimum Gasteiger partial charge on any atom is -0.497 e. The van der Waals surface area contributed by atoms with Crippen LogP contribution >= 0.6 is 0 Å². The molecule has 154 valence electrons. The number of methoxy groups -OCH3 is 1. The summed E-state index contributed by atoms with van der Waals surface area (Å²) < 4.78 is 11.2. The minimum atomic E-state index is 0.0199. The average molecular weight is 404 g/mol. The topological polar surface area (TPSA) is 91.4 Å². The Morgan fingerprint density at radius 2 is 2.27 bits per heavy atom. The molecule has 30 heavy (non-hydrogen) atoms. The summed E-state index contributed by atoms with van der Waals surface area (Å²) in [6, 6.07) is 15.6. The van der Waals surface area contributed by atoms with Gasteiger partial charge < -0.3 is 19.4 Å². The van der Waals surface area contributed by atoms with Gasteiger partial charge >= 0.3 is 0 Å². The summed E-state index contributed by atoms with van der Waals surface area (Å²) in [6.07, 6.45) is 2.45. The summed E-state index contributed by atoms with van der Waals surface area (Å²) in [4.78, 5) is 19.2. The van der Waals surface area contributed by atoms with Gasteiger partial charge in [-0.1, -0.05) is 12.1 Å². The molecule has 0 saturated carbocycles. The summed E-state index contributed by atoms with van der Waals surface area (Å²) in [7, 11) is 1.63. The standard InChI is InChI=1S/C23H24N4O3/c1-29-19-7-8-21-20(12-19)26-23(30-21)27-9-3-6-18(15-27)11-22(28)25-14-17-5-2-4-16(10-17)13-24/h2,4-5,7-8,10,12,18H,3,6,9,11,14-15H2,1H3,(H,25,28). The van der Waals surface area contributed by atoms with Crippen LogP contribution in [0.25, 0.3) is 11.1 Å². The third kappa shape index (κ3) is 4.54. The van der Waals surface area contributed by atoms with Gasteiger partial charge in [0, 0.05) is 32.1 Å². The molecule has 2 aromatic carbocycles. The molecule has 1 saturated heterocycles. The number of fused-ring (bicyclic) bond motifs is 1. The molecule has 1 aromatic heterocycles. The SMILES string of the molecule is COc1ccc2oc(N3CCCC(CC(=O)NCc4cccc(C#N)c4)C3)nc2c1. The van der Waals surface area contributed by atoms with E-state index in [0.29, 0.717) is 24.5 Å². The molecular weight excluding hydrogens is 380 g/mol. The van der Waals surface area contributed by atoms with Crippen LogP contribution in [0.4, 0.5) is 6.01 Å². The van der Waals surface area contributed by atoms with Gasteiger partial charge in [-0.25, -0.2) is 0 Å². The third-order valence-corrected chi connectivity index (χ3v) is 5.39. The van der Waals surface area contributed by atoms with Crippen LogP contribution in [0.3, 0.4) is 0 Å². The first-order valence-corrected chi connectivity index (χ1v) is 10.1. The largest absolute Gasteiger partial charge is 0.497 e. The monoisotopic (exact) mass is 404 g/mol. The number of nitrogens with zero attached hydrogens (tertiary/aromatic N) is 3. The van der Waals surface area contributed by atoms with Gasteiger partial charge in [0.15, 0.2) is 5.58 Å². The zero-order chi connectivity index (χ0) is 20.9. The minimum absolute atomic E-state index is 0.0199. The third-order valence-electron chi connectivity index (χ3n) is 5.39. The molecule has 4 rings (SSSR count). The highest BCUT2D eigenvalue weighted by Gasteiger charge is 2.25. The van der Waals surface area contributed by atoms with Crippen molar-refractivity contribution in [3.63, 3.8) is 0 Å². The number of amides is 1. The molecule has 1 aliphatic rings. The summed E-state index contributed by atoms with van der Waals surface area (Å²) in [5, 5.41) is 12.0. The average Bonchev–Trinajstić information content (AvgIpc) is 3.21. The Morgan fingerprint density at radius 3 is 3.10 bits per heavy atom. The zero-order valence-corrected chi connectivity index (χ0v) is 16.9. The van der Waals surface area contributed by atoms with Crippen molar-refractivity contribution in [2.45, 2.75) is 25.8 Å². The molecule has 1 N–H and O–H groups in total. The maximum Gasteiger partial charge on any atom is 0.298 e. The van der Waals surface area contributed by atoms with E-state index in [1.807, 2.05) is 30.3 Å². The van der Waals surface area contributed by atoms with Gasteiger partial charge in [-0.2, -0.15) is 10.2 Å². The number of benzene rings is 2. The second-order valence-corrected chi connectivity index (χ2v) is 7.58. The lowest BCUT2D eigenvalue weighted by molar-refractivity contribution is -0.122. The highest BCUT2D eigenvalue weighted by Crippen LogP contribution is 2.29. The van der Waals surface area contributed by atoms with Gasteiger partial charge in [-0.15, -0.1) is 0 Å². The Labute approximate surface area is 175 Å². The molecule has 0 spiro atoms. The van der Waals surface area contributed by atoms with Crippen molar-refractivity contribution in [3.8, 4) is 11.8 Å². The van der Waals surface area contributed by atoms with Crippen molar-refractivity contribution in [1.82, 2.24) is 10.3 Å². The van der Waals surface area contributed by atoms with Gasteiger partial charge in [0.05, 0.1) is 18.7 Å². The lowest BCUT2D eigenvalue weighted by Crippen LogP contribution is -2.38. The number of nitrogens with one attached hydrogen (secondary N) is 1. The lowest BCUT2D eigenvalue weighted by atomic mass is 9.94. The van der Waals surface area contributed by atoms with E-state index >= 15 is 0 Å². The van der Waals surface area contributed by atoms with E-state index in [4.69, 9.17) is 14.4 Å². The molecule has 0 aliphatic carbocycles. The van der Waals surface area contributed by atoms with Gasteiger partial charge in [-0.05, 0) is 48.6 Å². The van der Waals surface area contributed by atoms with Crippen molar-refractivity contribution in [2.24, 2.45) is 5.92 Å². The number of ether oxygens (including phenoxy) is 1. The Morgan fingerprint density at radius 1 is 1.37 bits per heavy atom. The molecule has 1 aliphatic heterocycles. The lowest BCUT2D eigenvalue weighted by Gasteiger charge is -2.31. The fraction of sp³-hybridized carbons (Fsp3) is 0.348. The van der Waals surface area contributed by atoms with E-state index in [2.05, 4.69) is 21.3 Å². The summed E-state index contributed by atoms with van der Waals surface area (Å²) in [5.74, 6) is 1.01. The fourth-order valence-corrected chi connectivity index (χ4v) is 3.85. The van der Waals surface area contributed by atoms with Gasteiger partial charge in [0.25, 0.3) is 6.01 Å². The van der Waals surface area contributed by atoms with Crippen molar-refractivity contribution >= 4 is 23.0 Å². The molecule has 3 aromatic rings. The quantitative estimate of drug-likeness (QED) is 0.675. The number of anilines is 1. The van der Waals surface area contributed by atoms with Gasteiger partial charge in [0.1, 0.15) is 11.3 Å². The number of hydrogen-bond donors (Lipinski definition) is 1. The smallest absolute Gasteiger partial charge is 0.298 e. The van der Waals surface area contributed by atoms with Crippen molar-refractivity contribution in [3.05, 3.63) is 53.6 Å². The van der Waals surface area contributed by atoms with Crippen LogP contribution in [0.15, 0.2) is 46.9 Å². The molecule has 0 bridgehead atoms. The first-order chi connectivity index (χ1) is 14.6. The number of nitriles is 1. The maximum absolute atomic E-state index is 12.4. The van der Waals surface area contributed by atoms with Crippen LogP contribution in [0, 0.1) is 17.2 Å². The molecular formula is C23H24N4O3. The summed E-state index contributed by atoms with van der Waals surface area (Å²) in [6.45, 7) is 2.03. The summed E-state index contributed by atoms with van der Waals surface area (Å²) >= 11 is 0. The Bertz CT molecular complexity index is 1090. The Kier molecular flexibility index (Phi) is 5.84. The van der Waals surface area contributed by atoms with Crippen LogP contribution in [-0.2, 0) is 11.3 Å². The van der Waals surface area contributed by atoms with E-state index in [1.54, 1.807) is 19.2 Å². The molecule has 1 atom stereocenters. The van der Waals surface area contributed by atoms with Crippen LogP contribution in [0.1, 0.15) is 30.4 Å². The van der Waals surface area contributed by atoms with Crippen LogP contribution < -0.4 is 15.0 Å². The first-order valence-electron chi connectivity index (χ1n) is 10.1. The molecule has 7 nitrogen and oxygen atoms in total. The van der Waals surface area contributed by atoms with Crippen LogP contribution in [-0.4, -0.2) is 31.1 Å². The van der Waals surface area contributed by atoms with Crippen LogP contribution in [0.5, 0.6) is 5.75 Å². The maximum atomic E-state index is 12.4. The van der Waals surface area contributed by atoms with E-state index in [9.17, 15) is 4.79 Å². The second-order valence-electron chi connectivity index (χ2n) is 7.58. The predicted octanol–water partition coefficient (Wildman–Crippen LogP) is 3.63. The van der Waals surface area contributed by atoms with Crippen LogP contribution in [0.2, 0.25) is 0 Å². The summed E-state index contributed by atoms with van der Waals surface area (Å²) in [5.41, 5.74) is 3.02. The van der Waals surface area contributed by atoms with E-state index in [-0.39, 0.29) is 11.8 Å². The molecule has 1 unspecified atom stereocenters. The normalized spacial score (nSPS) is 16.3. The number of oxazole rings is 1. The number of hydrogen-bond acceptors (Lipinski definition) is 6. The molecule has 1 amide bonds. The zero-order valence-electron chi connectivity index (χ0n) is 16.9. The van der Waals surface area contributed by atoms with Gasteiger partial charge in [0.2, 0.25) is 5.91 Å². The number of aromatic nitrogens is 1. The highest BCUT2D eigenvalue weighted by molar-refractivity contribution is 5.77. The molecule has 0 radical (unpaired) electrons. The van der Waals surface area contributed by atoms with E-state index < -0.39 is 0 Å². The molecule has 1 fully saturated rings. The Hall–Kier alpha value is -3.53. The van der Waals surface area contributed by atoms with E-state index in [1.165, 1.54) is 0 Å². The van der Waals surface area contributed by atoms with E-state index in [0.717, 1.165) is 48.3 Å². The number of carbonyl (C=O) groups is 1. The Balaban J connectivity index is 1.34. The highest BCUT2D eigenvalue weighted by atomic mass is 16.5. The predicted molar refractivity (Wildman–Crippen MR) is 113 cm³/mol. The number of rotatable bonds is 6. The number of piperidine rings is 1. The van der Waals surface area contributed by atoms with Gasteiger partial charge in [-0.3, -0.25) is 4.79 Å². The molecule has 2 heterocycles. The van der Waals surface area contributed by atoms with Crippen molar-refractivity contribution in [2.75, 3.05) is 25.1 Å². The van der Waals surface area contributed by atoms with Crippen molar-refractivity contribution < 1.29 is 13.9 Å².